The van der Waals surface area contributed by atoms with E-state index in [4.69, 9.17) is 9.84 Å². The fraction of sp³-hybridized carbons (Fsp3) is 1.00. The average molecular weight is 180 g/mol. The minimum absolute atomic E-state index is 0. The van der Waals surface area contributed by atoms with Gasteiger partial charge in [-0.15, -0.1) is 0 Å². The molecule has 0 bridgehead atoms. The molecule has 0 heterocycles. The van der Waals surface area contributed by atoms with Gasteiger partial charge in [-0.25, -0.2) is 0 Å². The van der Waals surface area contributed by atoms with Gasteiger partial charge in [0.15, 0.2) is 0 Å². The summed E-state index contributed by atoms with van der Waals surface area (Å²) in [5.41, 5.74) is 0. The van der Waals surface area contributed by atoms with Crippen LogP contribution in [0.3, 0.4) is 0 Å². The molecule has 0 fully saturated rings. The molecule has 4 nitrogen and oxygen atoms in total. The Bertz CT molecular complexity index is 87.1. The summed E-state index contributed by atoms with van der Waals surface area (Å²) in [6.45, 7) is 4.13. The van der Waals surface area contributed by atoms with Crippen LogP contribution in [0.2, 0.25) is 0 Å². The molecule has 0 aromatic carbocycles. The molecule has 0 aliphatic carbocycles. The summed E-state index contributed by atoms with van der Waals surface area (Å²) in [7, 11) is 0. The van der Waals surface area contributed by atoms with Crippen LogP contribution in [0.25, 0.3) is 0 Å². The normalized spacial score (nSPS) is 15.0. The van der Waals surface area contributed by atoms with E-state index in [0.717, 1.165) is 12.8 Å². The average Bonchev–Trinajstić information content (AvgIpc) is 2.01. The maximum atomic E-state index is 9.19. The Morgan fingerprint density at radius 1 is 1.42 bits per heavy atom. The highest BCUT2D eigenvalue weighted by Crippen LogP contribution is 1.98. The fourth-order valence-corrected chi connectivity index (χ4v) is 0.745. The maximum absolute atomic E-state index is 9.19. The topological polar surface area (TPSA) is 81.2 Å². The van der Waals surface area contributed by atoms with Crippen molar-refractivity contribution in [1.29, 1.82) is 0 Å². The van der Waals surface area contributed by atoms with Crippen LogP contribution in [0.1, 0.15) is 26.7 Å². The van der Waals surface area contributed by atoms with Crippen LogP contribution < -0.4 is 0 Å². The van der Waals surface area contributed by atoms with E-state index >= 15 is 0 Å². The largest absolute Gasteiger partial charge is 0.412 e. The van der Waals surface area contributed by atoms with E-state index in [9.17, 15) is 5.11 Å². The van der Waals surface area contributed by atoms with Gasteiger partial charge >= 0.3 is 0 Å². The summed E-state index contributed by atoms with van der Waals surface area (Å²) in [4.78, 5) is 0. The molecule has 2 atom stereocenters. The van der Waals surface area contributed by atoms with Gasteiger partial charge in [0.2, 0.25) is 0 Å². The molecule has 0 aromatic heterocycles. The van der Waals surface area contributed by atoms with Crippen LogP contribution in [0.4, 0.5) is 0 Å². The van der Waals surface area contributed by atoms with E-state index in [1.165, 1.54) is 0 Å². The zero-order chi connectivity index (χ0) is 8.69. The molecule has 0 saturated carbocycles. The van der Waals surface area contributed by atoms with Crippen LogP contribution in [0.15, 0.2) is 0 Å². The Balaban J connectivity index is 0. The highest BCUT2D eigenvalue weighted by molar-refractivity contribution is 4.54. The van der Waals surface area contributed by atoms with E-state index in [0.29, 0.717) is 6.61 Å². The smallest absolute Gasteiger partial charge is 0.0779 e. The van der Waals surface area contributed by atoms with Crippen molar-refractivity contribution in [3.63, 3.8) is 0 Å². The number of aliphatic hydroxyl groups is 2. The monoisotopic (exact) mass is 180 g/mol. The first-order valence-electron chi connectivity index (χ1n) is 4.11. The van der Waals surface area contributed by atoms with Crippen molar-refractivity contribution in [2.45, 2.75) is 38.9 Å². The number of hydrogen-bond acceptors (Lipinski definition) is 3. The molecule has 76 valence electrons. The number of rotatable bonds is 6. The van der Waals surface area contributed by atoms with E-state index in [1.54, 1.807) is 6.92 Å². The second-order valence-electron chi connectivity index (χ2n) is 2.77. The molecule has 2 unspecified atom stereocenters. The molecule has 0 aromatic rings. The van der Waals surface area contributed by atoms with Gasteiger partial charge < -0.3 is 20.4 Å². The van der Waals surface area contributed by atoms with Gasteiger partial charge in [0.25, 0.3) is 0 Å². The van der Waals surface area contributed by atoms with Crippen LogP contribution >= 0.6 is 0 Å². The van der Waals surface area contributed by atoms with Gasteiger partial charge in [0, 0.05) is 0 Å². The van der Waals surface area contributed by atoms with E-state index < -0.39 is 0 Å². The zero-order valence-corrected chi connectivity index (χ0v) is 7.79. The fourth-order valence-electron chi connectivity index (χ4n) is 0.745. The third-order valence-corrected chi connectivity index (χ3v) is 1.45. The first kappa shape index (κ1) is 14.4. The molecule has 0 aliphatic rings. The summed E-state index contributed by atoms with van der Waals surface area (Å²) in [5, 5.41) is 17.8. The summed E-state index contributed by atoms with van der Waals surface area (Å²) in [6, 6.07) is 0. The van der Waals surface area contributed by atoms with Crippen molar-refractivity contribution in [2.24, 2.45) is 0 Å². The molecule has 4 N–H and O–H groups in total. The molecule has 0 aliphatic heterocycles. The maximum Gasteiger partial charge on any atom is 0.0779 e. The van der Waals surface area contributed by atoms with Gasteiger partial charge in [-0.05, 0) is 13.3 Å². The summed E-state index contributed by atoms with van der Waals surface area (Å²) in [6.07, 6.45) is 1.17. The molecule has 4 heteroatoms. The Morgan fingerprint density at radius 2 is 2.00 bits per heavy atom. The van der Waals surface area contributed by atoms with Crippen molar-refractivity contribution in [3.05, 3.63) is 0 Å². The van der Waals surface area contributed by atoms with Crippen LogP contribution in [0.5, 0.6) is 0 Å². The van der Waals surface area contributed by atoms with Gasteiger partial charge in [-0.3, -0.25) is 0 Å². The van der Waals surface area contributed by atoms with Gasteiger partial charge in [-0.1, -0.05) is 13.3 Å². The third kappa shape index (κ3) is 7.94. The molecular weight excluding hydrogens is 160 g/mol. The lowest BCUT2D eigenvalue weighted by atomic mass is 10.2. The highest BCUT2D eigenvalue weighted by atomic mass is 16.5. The quantitative estimate of drug-likeness (QED) is 0.590. The van der Waals surface area contributed by atoms with E-state index in [2.05, 4.69) is 0 Å². The zero-order valence-electron chi connectivity index (χ0n) is 7.79. The standard InChI is InChI=1S/C8H18O3.H2O/c1-3-4-8(10)6-11-7(2)5-9;/h7-10H,3-6H2,1-2H3;1H2. The Hall–Kier alpha value is -0.160. The lowest BCUT2D eigenvalue weighted by molar-refractivity contribution is -0.0254. The Morgan fingerprint density at radius 3 is 2.42 bits per heavy atom. The van der Waals surface area contributed by atoms with Crippen molar-refractivity contribution in [2.75, 3.05) is 13.2 Å². The Labute approximate surface area is 73.5 Å². The predicted molar refractivity (Wildman–Crippen MR) is 47.0 cm³/mol. The minimum atomic E-state index is -0.381. The van der Waals surface area contributed by atoms with Crippen LogP contribution in [-0.4, -0.2) is 41.1 Å². The van der Waals surface area contributed by atoms with Gasteiger partial charge in [-0.2, -0.15) is 0 Å². The predicted octanol–water partition coefficient (Wildman–Crippen LogP) is -0.280. The molecule has 0 radical (unpaired) electrons. The molecular formula is C8H20O4. The molecule has 12 heavy (non-hydrogen) atoms. The lowest BCUT2D eigenvalue weighted by Crippen LogP contribution is -2.21. The van der Waals surface area contributed by atoms with Crippen molar-refractivity contribution >= 4 is 0 Å². The first-order chi connectivity index (χ1) is 5.20. The lowest BCUT2D eigenvalue weighted by Gasteiger charge is -2.13. The van der Waals surface area contributed by atoms with Gasteiger partial charge in [0.1, 0.15) is 0 Å². The second-order valence-corrected chi connectivity index (χ2v) is 2.77. The Kier molecular flexibility index (Phi) is 10.7. The number of ether oxygens (including phenoxy) is 1. The SMILES string of the molecule is CCCC(O)COC(C)CO.O. The highest BCUT2D eigenvalue weighted by Gasteiger charge is 2.05. The summed E-state index contributed by atoms with van der Waals surface area (Å²) >= 11 is 0. The molecule has 0 rings (SSSR count). The van der Waals surface area contributed by atoms with Crippen molar-refractivity contribution in [3.8, 4) is 0 Å². The summed E-state index contributed by atoms with van der Waals surface area (Å²) in [5.74, 6) is 0. The van der Waals surface area contributed by atoms with Crippen molar-refractivity contribution in [1.82, 2.24) is 0 Å². The third-order valence-electron chi connectivity index (χ3n) is 1.45. The van der Waals surface area contributed by atoms with Gasteiger partial charge in [0.05, 0.1) is 25.4 Å². The van der Waals surface area contributed by atoms with E-state index in [1.807, 2.05) is 6.92 Å². The van der Waals surface area contributed by atoms with Crippen molar-refractivity contribution < 1.29 is 20.4 Å². The molecule has 0 saturated heterocycles. The summed E-state index contributed by atoms with van der Waals surface area (Å²) < 4.78 is 5.11. The number of hydrogen-bond donors (Lipinski definition) is 2. The molecule has 0 amide bonds. The van der Waals surface area contributed by atoms with Crippen LogP contribution in [-0.2, 0) is 4.74 Å². The minimum Gasteiger partial charge on any atom is -0.412 e. The van der Waals surface area contributed by atoms with E-state index in [-0.39, 0.29) is 24.3 Å². The molecule has 0 spiro atoms. The number of aliphatic hydroxyl groups excluding tert-OH is 2. The van der Waals surface area contributed by atoms with Crippen LogP contribution in [0, 0.1) is 0 Å². The second kappa shape index (κ2) is 8.93. The first-order valence-corrected chi connectivity index (χ1v) is 4.11.